The van der Waals surface area contributed by atoms with Crippen molar-refractivity contribution in [3.63, 3.8) is 0 Å². The molecule has 0 saturated carbocycles. The second-order valence-electron chi connectivity index (χ2n) is 3.94. The van der Waals surface area contributed by atoms with Gasteiger partial charge in [0, 0.05) is 16.9 Å². The summed E-state index contributed by atoms with van der Waals surface area (Å²) in [6.07, 6.45) is 0. The largest absolute Gasteiger partial charge is 0.459 e. The van der Waals surface area contributed by atoms with Crippen LogP contribution < -0.4 is 11.5 Å². The van der Waals surface area contributed by atoms with Gasteiger partial charge in [-0.25, -0.2) is 9.59 Å². The molecule has 6 nitrogen and oxygen atoms in total. The molecule has 0 aromatic heterocycles. The van der Waals surface area contributed by atoms with E-state index < -0.39 is 11.9 Å². The normalized spacial score (nSPS) is 9.74. The fourth-order valence-electron chi connectivity index (χ4n) is 1.27. The van der Waals surface area contributed by atoms with Crippen molar-refractivity contribution in [1.29, 1.82) is 0 Å². The number of hydrogen-bond acceptors (Lipinski definition) is 6. The van der Waals surface area contributed by atoms with Crippen LogP contribution in [0.5, 0.6) is 0 Å². The van der Waals surface area contributed by atoms with Gasteiger partial charge in [-0.2, -0.15) is 0 Å². The molecule has 1 aromatic carbocycles. The van der Waals surface area contributed by atoms with E-state index in [2.05, 4.69) is 6.58 Å². The van der Waals surface area contributed by atoms with Gasteiger partial charge in [-0.3, -0.25) is 0 Å². The van der Waals surface area contributed by atoms with Crippen molar-refractivity contribution in [2.45, 2.75) is 6.92 Å². The van der Waals surface area contributed by atoms with Crippen LogP contribution in [0.25, 0.3) is 0 Å². The van der Waals surface area contributed by atoms with Gasteiger partial charge in [-0.1, -0.05) is 6.58 Å². The molecule has 19 heavy (non-hydrogen) atoms. The van der Waals surface area contributed by atoms with E-state index in [1.54, 1.807) is 0 Å². The van der Waals surface area contributed by atoms with Gasteiger partial charge in [-0.05, 0) is 25.1 Å². The molecule has 6 heteroatoms. The molecule has 0 heterocycles. The number of anilines is 2. The molecule has 0 radical (unpaired) electrons. The van der Waals surface area contributed by atoms with Crippen LogP contribution >= 0.6 is 0 Å². The Hall–Kier alpha value is -2.50. The third kappa shape index (κ3) is 4.71. The first-order valence-corrected chi connectivity index (χ1v) is 5.56. The highest BCUT2D eigenvalue weighted by Crippen LogP contribution is 2.14. The van der Waals surface area contributed by atoms with Crippen molar-refractivity contribution in [3.8, 4) is 0 Å². The highest BCUT2D eigenvalue weighted by atomic mass is 16.6. The van der Waals surface area contributed by atoms with Crippen molar-refractivity contribution in [1.82, 2.24) is 0 Å². The molecule has 0 unspecified atom stereocenters. The van der Waals surface area contributed by atoms with E-state index >= 15 is 0 Å². The Morgan fingerprint density at radius 2 is 1.63 bits per heavy atom. The van der Waals surface area contributed by atoms with E-state index in [0.717, 1.165) is 0 Å². The summed E-state index contributed by atoms with van der Waals surface area (Å²) in [5, 5.41) is 0. The number of nitrogens with two attached hydrogens (primary N) is 2. The van der Waals surface area contributed by atoms with Gasteiger partial charge in [-0.15, -0.1) is 0 Å². The number of carbonyl (C=O) groups is 2. The fraction of sp³-hybridized carbons (Fsp3) is 0.231. The first-order valence-electron chi connectivity index (χ1n) is 5.56. The van der Waals surface area contributed by atoms with Gasteiger partial charge in [0.05, 0.1) is 5.56 Å². The van der Waals surface area contributed by atoms with Gasteiger partial charge >= 0.3 is 11.9 Å². The summed E-state index contributed by atoms with van der Waals surface area (Å²) < 4.78 is 9.68. The lowest BCUT2D eigenvalue weighted by molar-refractivity contribution is -0.140. The van der Waals surface area contributed by atoms with E-state index in [4.69, 9.17) is 20.9 Å². The first-order chi connectivity index (χ1) is 8.90. The Balaban J connectivity index is 2.43. The van der Waals surface area contributed by atoms with E-state index in [1.807, 2.05) is 0 Å². The zero-order valence-electron chi connectivity index (χ0n) is 10.6. The number of carbonyl (C=O) groups excluding carboxylic acids is 2. The van der Waals surface area contributed by atoms with Gasteiger partial charge in [0.2, 0.25) is 0 Å². The Bertz CT molecular complexity index is 491. The molecule has 4 N–H and O–H groups in total. The van der Waals surface area contributed by atoms with E-state index in [1.165, 1.54) is 25.1 Å². The molecule has 0 aliphatic heterocycles. The van der Waals surface area contributed by atoms with Crippen molar-refractivity contribution in [2.24, 2.45) is 0 Å². The number of nitrogen functional groups attached to an aromatic ring is 2. The quantitative estimate of drug-likeness (QED) is 0.357. The minimum Gasteiger partial charge on any atom is -0.459 e. The predicted molar refractivity (Wildman–Crippen MR) is 71.3 cm³/mol. The van der Waals surface area contributed by atoms with Crippen LogP contribution in [0.1, 0.15) is 17.3 Å². The van der Waals surface area contributed by atoms with Crippen LogP contribution in [-0.4, -0.2) is 25.2 Å². The smallest absolute Gasteiger partial charge is 0.338 e. The number of esters is 2. The molecule has 0 aliphatic rings. The minimum atomic E-state index is -0.578. The summed E-state index contributed by atoms with van der Waals surface area (Å²) in [6, 6.07) is 4.45. The number of ether oxygens (including phenoxy) is 2. The third-order valence-electron chi connectivity index (χ3n) is 2.11. The third-order valence-corrected chi connectivity index (χ3v) is 2.11. The van der Waals surface area contributed by atoms with Crippen LogP contribution in [0.15, 0.2) is 30.4 Å². The van der Waals surface area contributed by atoms with Crippen molar-refractivity contribution < 1.29 is 19.1 Å². The van der Waals surface area contributed by atoms with Crippen molar-refractivity contribution in [3.05, 3.63) is 35.9 Å². The number of rotatable bonds is 5. The predicted octanol–water partition coefficient (Wildman–Crippen LogP) is 1.13. The van der Waals surface area contributed by atoms with Crippen LogP contribution in [-0.2, 0) is 14.3 Å². The van der Waals surface area contributed by atoms with Crippen LogP contribution in [0, 0.1) is 0 Å². The first kappa shape index (κ1) is 14.6. The second kappa shape index (κ2) is 6.44. The minimum absolute atomic E-state index is 0.0325. The maximum absolute atomic E-state index is 11.6. The molecule has 0 aliphatic carbocycles. The molecular weight excluding hydrogens is 248 g/mol. The summed E-state index contributed by atoms with van der Waals surface area (Å²) in [6.45, 7) is 4.88. The molecule has 0 fully saturated rings. The summed E-state index contributed by atoms with van der Waals surface area (Å²) >= 11 is 0. The molecule has 0 amide bonds. The average molecular weight is 264 g/mol. The van der Waals surface area contributed by atoms with Gasteiger partial charge in [0.25, 0.3) is 0 Å². The molecule has 0 spiro atoms. The lowest BCUT2D eigenvalue weighted by atomic mass is 10.2. The molecule has 102 valence electrons. The molecule has 1 aromatic rings. The lowest BCUT2D eigenvalue weighted by Gasteiger charge is -2.07. The molecule has 1 rings (SSSR count). The molecular formula is C13H16N2O4. The molecule has 0 saturated heterocycles. The van der Waals surface area contributed by atoms with E-state index in [0.29, 0.717) is 11.4 Å². The summed E-state index contributed by atoms with van der Waals surface area (Å²) in [5.74, 6) is -1.10. The van der Waals surface area contributed by atoms with Gasteiger partial charge in [0.15, 0.2) is 0 Å². The zero-order chi connectivity index (χ0) is 14.4. The molecule has 0 bridgehead atoms. The lowest BCUT2D eigenvalue weighted by Crippen LogP contribution is -2.14. The highest BCUT2D eigenvalue weighted by molar-refractivity contribution is 5.91. The van der Waals surface area contributed by atoms with Crippen LogP contribution in [0.2, 0.25) is 0 Å². The fourth-order valence-corrected chi connectivity index (χ4v) is 1.27. The second-order valence-corrected chi connectivity index (χ2v) is 3.94. The Labute approximate surface area is 111 Å². The van der Waals surface area contributed by atoms with E-state index in [-0.39, 0.29) is 24.4 Å². The van der Waals surface area contributed by atoms with Gasteiger partial charge < -0.3 is 20.9 Å². The molecule has 0 atom stereocenters. The Kier molecular flexibility index (Phi) is 4.93. The number of hydrogen-bond donors (Lipinski definition) is 2. The highest BCUT2D eigenvalue weighted by Gasteiger charge is 2.09. The van der Waals surface area contributed by atoms with Crippen LogP contribution in [0.3, 0.4) is 0 Å². The topological polar surface area (TPSA) is 105 Å². The monoisotopic (exact) mass is 264 g/mol. The van der Waals surface area contributed by atoms with Crippen LogP contribution in [0.4, 0.5) is 11.4 Å². The average Bonchev–Trinajstić information content (AvgIpc) is 2.32. The Morgan fingerprint density at radius 3 is 2.16 bits per heavy atom. The SMILES string of the molecule is C=C(C)C(=O)OCCOC(=O)c1cc(N)cc(N)c1. The zero-order valence-corrected chi connectivity index (χ0v) is 10.6. The maximum atomic E-state index is 11.6. The maximum Gasteiger partial charge on any atom is 0.338 e. The standard InChI is InChI=1S/C13H16N2O4/c1-8(2)12(16)18-3-4-19-13(17)9-5-10(14)7-11(15)6-9/h5-7H,1,3-4,14-15H2,2H3. The van der Waals surface area contributed by atoms with E-state index in [9.17, 15) is 9.59 Å². The Morgan fingerprint density at radius 1 is 1.11 bits per heavy atom. The van der Waals surface area contributed by atoms with Crippen molar-refractivity contribution >= 4 is 23.3 Å². The summed E-state index contributed by atoms with van der Waals surface area (Å²) in [7, 11) is 0. The van der Waals surface area contributed by atoms with Gasteiger partial charge in [0.1, 0.15) is 13.2 Å². The summed E-state index contributed by atoms with van der Waals surface area (Å²) in [5.41, 5.74) is 12.4. The number of benzene rings is 1. The summed E-state index contributed by atoms with van der Waals surface area (Å²) in [4.78, 5) is 22.7. The van der Waals surface area contributed by atoms with Crippen molar-refractivity contribution in [2.75, 3.05) is 24.7 Å².